The molecule has 0 spiro atoms. The van der Waals surface area contributed by atoms with Gasteiger partial charge in [-0.25, -0.2) is 13.4 Å². The van der Waals surface area contributed by atoms with Crippen LogP contribution in [0.1, 0.15) is 29.2 Å². The van der Waals surface area contributed by atoms with Crippen molar-refractivity contribution < 1.29 is 8.42 Å². The first-order valence-electron chi connectivity index (χ1n) is 6.51. The lowest BCUT2D eigenvalue weighted by atomic mass is 10.1. The van der Waals surface area contributed by atoms with E-state index in [1.54, 1.807) is 17.4 Å². The Morgan fingerprint density at radius 2 is 2.00 bits per heavy atom. The fourth-order valence-electron chi connectivity index (χ4n) is 1.97. The third-order valence-electron chi connectivity index (χ3n) is 2.99. The second-order valence-corrected chi connectivity index (χ2v) is 7.87. The second kappa shape index (κ2) is 6.03. The van der Waals surface area contributed by atoms with E-state index in [0.717, 1.165) is 28.2 Å². The minimum absolute atomic E-state index is 0.100. The number of anilines is 2. The zero-order valence-corrected chi connectivity index (χ0v) is 14.1. The summed E-state index contributed by atoms with van der Waals surface area (Å²) in [5, 5.41) is 6.45. The Balaban J connectivity index is 2.13. The minimum atomic E-state index is -3.25. The highest BCUT2D eigenvalue weighted by molar-refractivity contribution is 7.92. The molecule has 2 aromatic rings. The molecule has 0 aliphatic rings. The second-order valence-electron chi connectivity index (χ2n) is 5.06. The van der Waals surface area contributed by atoms with Crippen molar-refractivity contribution in [2.24, 2.45) is 0 Å². The maximum absolute atomic E-state index is 11.3. The molecule has 0 amide bonds. The molecule has 0 saturated carbocycles. The van der Waals surface area contributed by atoms with Crippen LogP contribution in [0.15, 0.2) is 23.6 Å². The van der Waals surface area contributed by atoms with Gasteiger partial charge < -0.3 is 5.32 Å². The number of hydrogen-bond acceptors (Lipinski definition) is 5. The van der Waals surface area contributed by atoms with Crippen molar-refractivity contribution in [3.63, 3.8) is 0 Å². The molecule has 0 saturated heterocycles. The number of aryl methyl sites for hydroxylation is 2. The van der Waals surface area contributed by atoms with E-state index >= 15 is 0 Å². The third kappa shape index (κ3) is 4.44. The van der Waals surface area contributed by atoms with Crippen LogP contribution in [0.4, 0.5) is 11.4 Å². The van der Waals surface area contributed by atoms with E-state index in [1.165, 1.54) is 0 Å². The van der Waals surface area contributed by atoms with Gasteiger partial charge >= 0.3 is 0 Å². The van der Waals surface area contributed by atoms with E-state index < -0.39 is 10.0 Å². The van der Waals surface area contributed by atoms with E-state index in [4.69, 9.17) is 0 Å². The Kier molecular flexibility index (Phi) is 4.53. The smallest absolute Gasteiger partial charge is 0.229 e. The molecule has 0 bridgehead atoms. The van der Waals surface area contributed by atoms with Gasteiger partial charge in [-0.05, 0) is 44.5 Å². The summed E-state index contributed by atoms with van der Waals surface area (Å²) in [5.41, 5.74) is 3.41. The molecule has 0 aliphatic carbocycles. The van der Waals surface area contributed by atoms with Gasteiger partial charge in [-0.1, -0.05) is 0 Å². The Morgan fingerprint density at radius 3 is 2.52 bits per heavy atom. The molecular formula is C14H19N3O2S2. The fourth-order valence-corrected chi connectivity index (χ4v) is 3.31. The van der Waals surface area contributed by atoms with Crippen molar-refractivity contribution in [2.45, 2.75) is 26.8 Å². The third-order valence-corrected chi connectivity index (χ3v) is 4.37. The van der Waals surface area contributed by atoms with Gasteiger partial charge in [0.2, 0.25) is 10.0 Å². The standard InChI is InChI=1S/C14H19N3O2S2/c1-9-7-12(5-6-13(9)17-21(4,18)19)15-10(2)14-8-20-11(3)16-14/h5-8,10,15,17H,1-4H3. The molecule has 1 aromatic carbocycles. The number of sulfonamides is 1. The first-order valence-corrected chi connectivity index (χ1v) is 9.29. The van der Waals surface area contributed by atoms with Crippen molar-refractivity contribution in [3.8, 4) is 0 Å². The Hall–Kier alpha value is -1.60. The van der Waals surface area contributed by atoms with Gasteiger partial charge in [-0.15, -0.1) is 11.3 Å². The molecule has 0 aliphatic heterocycles. The topological polar surface area (TPSA) is 71.1 Å². The number of benzene rings is 1. The Morgan fingerprint density at radius 1 is 1.29 bits per heavy atom. The van der Waals surface area contributed by atoms with Crippen LogP contribution in [0.2, 0.25) is 0 Å². The first kappa shape index (κ1) is 15.8. The average Bonchev–Trinajstić information content (AvgIpc) is 2.78. The number of thiazole rings is 1. The Bertz CT molecular complexity index is 738. The molecule has 0 radical (unpaired) electrons. The summed E-state index contributed by atoms with van der Waals surface area (Å²) in [6.07, 6.45) is 1.14. The molecular weight excluding hydrogens is 306 g/mol. The van der Waals surface area contributed by atoms with E-state index in [9.17, 15) is 8.42 Å². The van der Waals surface area contributed by atoms with Gasteiger partial charge in [-0.2, -0.15) is 0 Å². The van der Waals surface area contributed by atoms with Crippen LogP contribution >= 0.6 is 11.3 Å². The van der Waals surface area contributed by atoms with E-state index in [2.05, 4.69) is 15.0 Å². The monoisotopic (exact) mass is 325 g/mol. The first-order chi connectivity index (χ1) is 9.74. The normalized spacial score (nSPS) is 13.0. The molecule has 21 heavy (non-hydrogen) atoms. The lowest BCUT2D eigenvalue weighted by molar-refractivity contribution is 0.607. The number of aromatic nitrogens is 1. The molecule has 1 heterocycles. The summed E-state index contributed by atoms with van der Waals surface area (Å²) in [5.74, 6) is 0. The quantitative estimate of drug-likeness (QED) is 0.885. The number of nitrogens with zero attached hydrogens (tertiary/aromatic N) is 1. The molecule has 2 N–H and O–H groups in total. The molecule has 114 valence electrons. The predicted molar refractivity (Wildman–Crippen MR) is 88.5 cm³/mol. The van der Waals surface area contributed by atoms with Crippen LogP contribution in [0.5, 0.6) is 0 Å². The minimum Gasteiger partial charge on any atom is -0.377 e. The zero-order chi connectivity index (χ0) is 15.6. The predicted octanol–water partition coefficient (Wildman–Crippen LogP) is 3.30. The van der Waals surface area contributed by atoms with Crippen LogP contribution in [0.3, 0.4) is 0 Å². The maximum atomic E-state index is 11.3. The van der Waals surface area contributed by atoms with Crippen molar-refractivity contribution in [3.05, 3.63) is 39.8 Å². The van der Waals surface area contributed by atoms with Gasteiger partial charge in [-0.3, -0.25) is 4.72 Å². The lowest BCUT2D eigenvalue weighted by Gasteiger charge is -2.15. The summed E-state index contributed by atoms with van der Waals surface area (Å²) in [6.45, 7) is 5.90. The average molecular weight is 325 g/mol. The van der Waals surface area contributed by atoms with Crippen molar-refractivity contribution in [1.29, 1.82) is 0 Å². The van der Waals surface area contributed by atoms with Gasteiger partial charge in [0.15, 0.2) is 0 Å². The summed E-state index contributed by atoms with van der Waals surface area (Å²) >= 11 is 1.63. The molecule has 1 unspecified atom stereocenters. The summed E-state index contributed by atoms with van der Waals surface area (Å²) in [6, 6.07) is 5.64. The van der Waals surface area contributed by atoms with Crippen LogP contribution in [0, 0.1) is 13.8 Å². The molecule has 1 atom stereocenters. The molecule has 2 rings (SSSR count). The van der Waals surface area contributed by atoms with Crippen LogP contribution in [-0.4, -0.2) is 19.7 Å². The highest BCUT2D eigenvalue weighted by Gasteiger charge is 2.10. The molecule has 1 aromatic heterocycles. The summed E-state index contributed by atoms with van der Waals surface area (Å²) in [7, 11) is -3.25. The van der Waals surface area contributed by atoms with Crippen LogP contribution in [-0.2, 0) is 10.0 Å². The molecule has 7 heteroatoms. The van der Waals surface area contributed by atoms with Gasteiger partial charge in [0.1, 0.15) is 0 Å². The molecule has 5 nitrogen and oxygen atoms in total. The van der Waals surface area contributed by atoms with Crippen molar-refractivity contribution in [2.75, 3.05) is 16.3 Å². The van der Waals surface area contributed by atoms with E-state index in [1.807, 2.05) is 38.3 Å². The highest BCUT2D eigenvalue weighted by Crippen LogP contribution is 2.25. The maximum Gasteiger partial charge on any atom is 0.229 e. The Labute approximate surface area is 129 Å². The highest BCUT2D eigenvalue weighted by atomic mass is 32.2. The van der Waals surface area contributed by atoms with Crippen LogP contribution < -0.4 is 10.0 Å². The van der Waals surface area contributed by atoms with Gasteiger partial charge in [0.05, 0.1) is 28.7 Å². The number of rotatable bonds is 5. The molecule has 0 fully saturated rings. The van der Waals surface area contributed by atoms with Gasteiger partial charge in [0.25, 0.3) is 0 Å². The van der Waals surface area contributed by atoms with Gasteiger partial charge in [0, 0.05) is 11.1 Å². The zero-order valence-electron chi connectivity index (χ0n) is 12.5. The largest absolute Gasteiger partial charge is 0.377 e. The van der Waals surface area contributed by atoms with Crippen molar-refractivity contribution >= 4 is 32.7 Å². The lowest BCUT2D eigenvalue weighted by Crippen LogP contribution is -2.11. The fraction of sp³-hybridized carbons (Fsp3) is 0.357. The summed E-state index contributed by atoms with van der Waals surface area (Å²) < 4.78 is 25.0. The number of nitrogens with one attached hydrogen (secondary N) is 2. The summed E-state index contributed by atoms with van der Waals surface area (Å²) in [4.78, 5) is 4.46. The van der Waals surface area contributed by atoms with Crippen molar-refractivity contribution in [1.82, 2.24) is 4.98 Å². The van der Waals surface area contributed by atoms with E-state index in [-0.39, 0.29) is 6.04 Å². The SMILES string of the molecule is Cc1nc(C(C)Nc2ccc(NS(C)(=O)=O)c(C)c2)cs1. The van der Waals surface area contributed by atoms with Crippen LogP contribution in [0.25, 0.3) is 0 Å². The number of hydrogen-bond donors (Lipinski definition) is 2. The van der Waals surface area contributed by atoms with E-state index in [0.29, 0.717) is 5.69 Å².